The fraction of sp³-hybridized carbons (Fsp3) is 0.417. The Morgan fingerprint density at radius 3 is 2.33 bits per heavy atom. The molecule has 1 aliphatic heterocycles. The Labute approximate surface area is 266 Å². The number of hydrogen-bond donors (Lipinski definition) is 3. The zero-order valence-corrected chi connectivity index (χ0v) is 26.7. The Morgan fingerprint density at radius 2 is 1.60 bits per heavy atom. The lowest BCUT2D eigenvalue weighted by Gasteiger charge is -2.31. The van der Waals surface area contributed by atoms with Gasteiger partial charge in [-0.3, -0.25) is 14.9 Å². The number of nitrogens with one attached hydrogen (secondary N) is 2. The number of carbonyl (C=O) groups is 3. The summed E-state index contributed by atoms with van der Waals surface area (Å²) in [5, 5.41) is 15.3. The number of para-hydroxylation sites is 1. The van der Waals surface area contributed by atoms with E-state index in [-0.39, 0.29) is 24.5 Å². The van der Waals surface area contributed by atoms with Crippen LogP contribution in [0.1, 0.15) is 55.2 Å². The Balaban J connectivity index is 1.09. The molecule has 3 aromatic carbocycles. The lowest BCUT2D eigenvalue weighted by atomic mass is 10.0. The lowest BCUT2D eigenvalue weighted by Crippen LogP contribution is -2.40. The molecule has 0 bridgehead atoms. The molecule has 4 rings (SSSR count). The number of aliphatic hydroxyl groups is 1. The van der Waals surface area contributed by atoms with Crippen LogP contribution in [-0.2, 0) is 20.9 Å². The third-order valence-electron chi connectivity index (χ3n) is 8.40. The summed E-state index contributed by atoms with van der Waals surface area (Å²) in [6, 6.07) is 21.4. The molecule has 1 saturated heterocycles. The average Bonchev–Trinajstić information content (AvgIpc) is 3.04. The first-order valence-electron chi connectivity index (χ1n) is 15.8. The molecular formula is C36H46N4O5. The minimum Gasteiger partial charge on any atom is -0.446 e. The second kappa shape index (κ2) is 16.7. The summed E-state index contributed by atoms with van der Waals surface area (Å²) in [6.07, 6.45) is 3.10. The summed E-state index contributed by atoms with van der Waals surface area (Å²) >= 11 is 0. The van der Waals surface area contributed by atoms with Crippen LogP contribution in [0.5, 0.6) is 0 Å². The minimum atomic E-state index is -0.451. The highest BCUT2D eigenvalue weighted by Gasteiger charge is 2.23. The summed E-state index contributed by atoms with van der Waals surface area (Å²) in [6.45, 7) is 6.62. The number of ether oxygens (including phenoxy) is 1. The summed E-state index contributed by atoms with van der Waals surface area (Å²) in [7, 11) is 1.81. The van der Waals surface area contributed by atoms with Crippen molar-refractivity contribution in [3.63, 3.8) is 0 Å². The van der Waals surface area contributed by atoms with Crippen LogP contribution in [-0.4, -0.2) is 72.1 Å². The molecule has 0 spiro atoms. The molecule has 240 valence electrons. The Kier molecular flexibility index (Phi) is 12.5. The highest BCUT2D eigenvalue weighted by atomic mass is 16.6. The smallest absolute Gasteiger partial charge is 0.411 e. The van der Waals surface area contributed by atoms with E-state index in [1.165, 1.54) is 0 Å². The minimum absolute atomic E-state index is 0.0208. The van der Waals surface area contributed by atoms with Crippen molar-refractivity contribution in [1.82, 2.24) is 9.80 Å². The van der Waals surface area contributed by atoms with Gasteiger partial charge >= 0.3 is 6.09 Å². The lowest BCUT2D eigenvalue weighted by molar-refractivity contribution is -0.130. The predicted octanol–water partition coefficient (Wildman–Crippen LogP) is 6.13. The van der Waals surface area contributed by atoms with Crippen molar-refractivity contribution in [1.29, 1.82) is 0 Å². The second-order valence-electron chi connectivity index (χ2n) is 11.8. The van der Waals surface area contributed by atoms with Gasteiger partial charge in [-0.05, 0) is 73.9 Å². The van der Waals surface area contributed by atoms with Crippen LogP contribution in [0, 0.1) is 13.8 Å². The van der Waals surface area contributed by atoms with Gasteiger partial charge in [0.25, 0.3) is 0 Å². The van der Waals surface area contributed by atoms with E-state index in [0.717, 1.165) is 65.9 Å². The third-order valence-corrected chi connectivity index (χ3v) is 8.40. The van der Waals surface area contributed by atoms with Gasteiger partial charge in [-0.1, -0.05) is 54.6 Å². The fourth-order valence-electron chi connectivity index (χ4n) is 5.60. The standard InChI is InChI=1S/C36H46N4O5/c1-26-24-33(27(2)23-29(26)25-41)37-34(42)15-9-10-19-39(3)35(43)18-22-40-20-16-30(17-21-40)45-36(44)38-32-14-8-7-13-31(32)28-11-5-4-6-12-28/h4-8,11-14,23-24,30,41H,9-10,15-22,25H2,1-3H3,(H,37,42)(H,38,44). The van der Waals surface area contributed by atoms with Crippen molar-refractivity contribution < 1.29 is 24.2 Å². The Bertz CT molecular complexity index is 1440. The molecule has 45 heavy (non-hydrogen) atoms. The zero-order valence-electron chi connectivity index (χ0n) is 26.7. The van der Waals surface area contributed by atoms with Crippen molar-refractivity contribution >= 4 is 29.3 Å². The monoisotopic (exact) mass is 614 g/mol. The third kappa shape index (κ3) is 10.2. The van der Waals surface area contributed by atoms with E-state index < -0.39 is 6.09 Å². The number of anilines is 2. The van der Waals surface area contributed by atoms with Crippen molar-refractivity contribution in [2.45, 2.75) is 65.1 Å². The fourth-order valence-corrected chi connectivity index (χ4v) is 5.60. The molecule has 9 nitrogen and oxygen atoms in total. The zero-order chi connectivity index (χ0) is 32.2. The number of aliphatic hydroxyl groups excluding tert-OH is 1. The Morgan fingerprint density at radius 1 is 0.889 bits per heavy atom. The number of carbonyl (C=O) groups excluding carboxylic acids is 3. The van der Waals surface area contributed by atoms with Crippen molar-refractivity contribution in [2.75, 3.05) is 43.9 Å². The number of likely N-dealkylation sites (tertiary alicyclic amines) is 1. The maximum Gasteiger partial charge on any atom is 0.411 e. The highest BCUT2D eigenvalue weighted by molar-refractivity contribution is 5.92. The molecular weight excluding hydrogens is 568 g/mol. The van der Waals surface area contributed by atoms with Gasteiger partial charge in [0.2, 0.25) is 11.8 Å². The predicted molar refractivity (Wildman–Crippen MR) is 178 cm³/mol. The van der Waals surface area contributed by atoms with Gasteiger partial charge < -0.3 is 25.0 Å². The summed E-state index contributed by atoms with van der Waals surface area (Å²) < 4.78 is 5.73. The molecule has 0 saturated carbocycles. The summed E-state index contributed by atoms with van der Waals surface area (Å²) in [5.41, 5.74) is 6.18. The molecule has 3 amide bonds. The normalized spacial score (nSPS) is 13.7. The first kappa shape index (κ1) is 33.7. The molecule has 0 aromatic heterocycles. The van der Waals surface area contributed by atoms with E-state index in [1.54, 1.807) is 4.90 Å². The first-order valence-corrected chi connectivity index (χ1v) is 15.8. The van der Waals surface area contributed by atoms with Gasteiger partial charge in [0.1, 0.15) is 6.10 Å². The van der Waals surface area contributed by atoms with E-state index in [1.807, 2.05) is 87.6 Å². The highest BCUT2D eigenvalue weighted by Crippen LogP contribution is 2.28. The maximum atomic E-state index is 12.7. The number of rotatable bonds is 13. The van der Waals surface area contributed by atoms with Gasteiger partial charge in [-0.2, -0.15) is 0 Å². The number of nitrogens with zero attached hydrogens (tertiary/aromatic N) is 2. The molecule has 0 radical (unpaired) electrons. The molecule has 0 aliphatic carbocycles. The molecule has 1 fully saturated rings. The molecule has 1 heterocycles. The Hall–Kier alpha value is -4.21. The van der Waals surface area contributed by atoms with Gasteiger partial charge in [0.15, 0.2) is 0 Å². The van der Waals surface area contributed by atoms with Crippen molar-refractivity contribution in [3.8, 4) is 11.1 Å². The van der Waals surface area contributed by atoms with Crippen LogP contribution in [0.3, 0.4) is 0 Å². The van der Waals surface area contributed by atoms with E-state index >= 15 is 0 Å². The molecule has 3 aromatic rings. The van der Waals surface area contributed by atoms with Crippen molar-refractivity contribution in [3.05, 3.63) is 83.4 Å². The quantitative estimate of drug-likeness (QED) is 0.200. The van der Waals surface area contributed by atoms with Gasteiger partial charge in [0.05, 0.1) is 12.3 Å². The average molecular weight is 615 g/mol. The number of amides is 3. The second-order valence-corrected chi connectivity index (χ2v) is 11.8. The van der Waals surface area contributed by atoms with Gasteiger partial charge in [-0.25, -0.2) is 4.79 Å². The van der Waals surface area contributed by atoms with Crippen LogP contribution in [0.4, 0.5) is 16.2 Å². The summed E-state index contributed by atoms with van der Waals surface area (Å²) in [5.74, 6) is 0.0365. The van der Waals surface area contributed by atoms with E-state index in [0.29, 0.717) is 38.0 Å². The van der Waals surface area contributed by atoms with Gasteiger partial charge in [0, 0.05) is 57.3 Å². The maximum absolute atomic E-state index is 12.7. The molecule has 9 heteroatoms. The van der Waals surface area contributed by atoms with Crippen LogP contribution in [0.15, 0.2) is 66.7 Å². The number of piperidine rings is 1. The SMILES string of the molecule is Cc1cc(NC(=O)CCCCN(C)C(=O)CCN2CCC(OC(=O)Nc3ccccc3-c3ccccc3)CC2)c(C)cc1CO. The van der Waals surface area contributed by atoms with Gasteiger partial charge in [-0.15, -0.1) is 0 Å². The van der Waals surface area contributed by atoms with E-state index in [4.69, 9.17) is 4.74 Å². The van der Waals surface area contributed by atoms with E-state index in [9.17, 15) is 19.5 Å². The molecule has 0 unspecified atom stereocenters. The summed E-state index contributed by atoms with van der Waals surface area (Å²) in [4.78, 5) is 41.8. The van der Waals surface area contributed by atoms with E-state index in [2.05, 4.69) is 15.5 Å². The number of unbranched alkanes of at least 4 members (excludes halogenated alkanes) is 1. The number of aryl methyl sites for hydroxylation is 2. The van der Waals surface area contributed by atoms with Crippen molar-refractivity contribution in [2.24, 2.45) is 0 Å². The molecule has 0 atom stereocenters. The topological polar surface area (TPSA) is 111 Å². The number of benzene rings is 3. The number of hydrogen-bond acceptors (Lipinski definition) is 6. The first-order chi connectivity index (χ1) is 21.7. The van der Waals surface area contributed by atoms with Crippen LogP contribution in [0.2, 0.25) is 0 Å². The van der Waals surface area contributed by atoms with Crippen LogP contribution >= 0.6 is 0 Å². The van der Waals surface area contributed by atoms with Crippen LogP contribution in [0.25, 0.3) is 11.1 Å². The molecule has 3 N–H and O–H groups in total. The largest absolute Gasteiger partial charge is 0.446 e. The van der Waals surface area contributed by atoms with Crippen LogP contribution < -0.4 is 10.6 Å². The molecule has 1 aliphatic rings.